The lowest BCUT2D eigenvalue weighted by molar-refractivity contribution is -0.121. The molecule has 0 bridgehead atoms. The Bertz CT molecular complexity index is 4160. The summed E-state index contributed by atoms with van der Waals surface area (Å²) >= 11 is 0. The van der Waals surface area contributed by atoms with Crippen LogP contribution in [0.2, 0.25) is 0 Å². The van der Waals surface area contributed by atoms with E-state index in [-0.39, 0.29) is 113 Å². The number of carboxylic acids is 1. The number of hydrogen-bond acceptors (Lipinski definition) is 18. The molecule has 9 rings (SSSR count). The molecule has 9 N–H and O–H groups in total. The first-order valence-electron chi connectivity index (χ1n) is 36.9. The van der Waals surface area contributed by atoms with Gasteiger partial charge in [-0.1, -0.05) is 70.9 Å². The summed E-state index contributed by atoms with van der Waals surface area (Å²) < 4.78 is 40.0. The molecule has 29 nitrogen and oxygen atoms in total. The Morgan fingerprint density at radius 1 is 0.440 bits per heavy atom. The fourth-order valence-corrected chi connectivity index (χ4v) is 13.3. The molecule has 0 spiro atoms. The van der Waals surface area contributed by atoms with E-state index >= 15 is 0 Å². The van der Waals surface area contributed by atoms with Crippen LogP contribution in [0.25, 0.3) is 0 Å². The molecular weight excluding hydrogens is 1400 g/mol. The van der Waals surface area contributed by atoms with Crippen molar-refractivity contribution in [2.45, 2.75) is 163 Å². The summed E-state index contributed by atoms with van der Waals surface area (Å²) in [5.74, 6) is -7.24. The molecule has 586 valence electrons. The molecule has 2 aliphatic heterocycles. The SMILES string of the molecule is COc1cc(NC(=O)C2CN(C(=O)OC(C)(C)C)CC2NC(=O)OCc2ccccc2)cc(C(=O)NC2CCCC2C(=O)Nc2cc(OCCC(C)C)cc(C(=O)NC3CN(C(=O)OC(C)(C)C)CC3C(=O)Nc3cc(OC)cc(C(=O)NC4CCCC4C(=O)Nc4cc(OCCC(C)C)cc(C(=O)O)c4)c3)c2)c1. The van der Waals surface area contributed by atoms with Gasteiger partial charge in [0, 0.05) is 102 Å². The number of benzene rings is 5. The third kappa shape index (κ3) is 23.7. The number of nitrogens with zero attached hydrogens (tertiary/aromatic N) is 2. The van der Waals surface area contributed by atoms with Crippen molar-refractivity contribution in [3.63, 3.8) is 0 Å². The largest absolute Gasteiger partial charge is 0.497 e. The van der Waals surface area contributed by atoms with E-state index in [0.717, 1.165) is 12.0 Å². The molecule has 2 saturated carbocycles. The van der Waals surface area contributed by atoms with Gasteiger partial charge < -0.3 is 90.6 Å². The second kappa shape index (κ2) is 36.6. The molecule has 8 atom stereocenters. The van der Waals surface area contributed by atoms with Crippen LogP contribution in [0.3, 0.4) is 0 Å². The maximum atomic E-state index is 14.8. The summed E-state index contributed by atoms with van der Waals surface area (Å²) in [7, 11) is 2.78. The summed E-state index contributed by atoms with van der Waals surface area (Å²) in [6, 6.07) is 23.4. The Morgan fingerprint density at radius 2 is 0.798 bits per heavy atom. The van der Waals surface area contributed by atoms with Crippen molar-refractivity contribution < 1.29 is 91.0 Å². The van der Waals surface area contributed by atoms with Crippen molar-refractivity contribution in [3.05, 3.63) is 131 Å². The summed E-state index contributed by atoms with van der Waals surface area (Å²) in [5.41, 5.74) is -0.229. The first kappa shape index (κ1) is 81.9. The van der Waals surface area contributed by atoms with Gasteiger partial charge in [0.1, 0.15) is 40.8 Å². The van der Waals surface area contributed by atoms with Gasteiger partial charge in [0.25, 0.3) is 17.7 Å². The quantitative estimate of drug-likeness (QED) is 0.0210. The molecule has 2 heterocycles. The van der Waals surface area contributed by atoms with E-state index in [1.54, 1.807) is 77.9 Å². The highest BCUT2D eigenvalue weighted by molar-refractivity contribution is 6.03. The molecule has 5 aromatic rings. The summed E-state index contributed by atoms with van der Waals surface area (Å²) in [5, 5.41) is 33.0. The highest BCUT2D eigenvalue weighted by Gasteiger charge is 2.45. The van der Waals surface area contributed by atoms with Gasteiger partial charge >= 0.3 is 24.2 Å². The summed E-state index contributed by atoms with van der Waals surface area (Å²) in [4.78, 5) is 156. The number of carboxylic acid groups (broad SMARTS) is 1. The van der Waals surface area contributed by atoms with Crippen LogP contribution in [-0.4, -0.2) is 169 Å². The first-order chi connectivity index (χ1) is 51.7. The van der Waals surface area contributed by atoms with Crippen LogP contribution in [0.4, 0.5) is 37.1 Å². The van der Waals surface area contributed by atoms with Gasteiger partial charge in [-0.15, -0.1) is 0 Å². The number of rotatable bonds is 28. The summed E-state index contributed by atoms with van der Waals surface area (Å²) in [6.45, 7) is 18.3. The van der Waals surface area contributed by atoms with Crippen molar-refractivity contribution in [1.29, 1.82) is 0 Å². The molecular formula is C80H102N10O19. The standard InChI is InChI=1S/C80H102N10O19/c1-45(2)24-26-105-58-34-50(30-54(38-58)81-71(94)60-20-16-22-64(60)85-69(92)49-29-53(37-57(33-49)104-12)84-74(97)63-41-90(78(102)109-80(8,9)10)43-67(63)88-76(100)107-44-47-18-14-13-15-19-47)70(93)87-66-42-89(77(101)108-79(5,6)7)40-62(66)73(96)83-52-28-48(32-56(36-52)103-11)68(91)86-65-23-17-21-61(65)72(95)82-55-31-51(75(98)99)35-59(39-55)106-27-25-46(3)4/h13-15,18-19,28-39,45-46,60-67H,16-17,20-27,40-44H2,1-12H3,(H,81,94)(H,82,95)(H,83,96)(H,84,97)(H,85,92)(H,86,91)(H,87,93)(H,88,100)(H,98,99). The minimum absolute atomic E-state index is 0.0277. The van der Waals surface area contributed by atoms with Gasteiger partial charge in [-0.2, -0.15) is 0 Å². The average Bonchev–Trinajstić information content (AvgIpc) is 1.71. The number of amides is 10. The van der Waals surface area contributed by atoms with E-state index < -0.39 is 125 Å². The highest BCUT2D eigenvalue weighted by Crippen LogP contribution is 2.34. The van der Waals surface area contributed by atoms with E-state index in [2.05, 4.69) is 42.5 Å². The van der Waals surface area contributed by atoms with E-state index in [1.807, 2.05) is 33.8 Å². The average molecular weight is 1510 g/mol. The van der Waals surface area contributed by atoms with Crippen LogP contribution < -0.4 is 61.5 Å². The Kier molecular flexibility index (Phi) is 27.5. The van der Waals surface area contributed by atoms with Crippen LogP contribution in [0, 0.1) is 35.5 Å². The smallest absolute Gasteiger partial charge is 0.410 e. The second-order valence-corrected chi connectivity index (χ2v) is 30.8. The molecule has 0 radical (unpaired) electrons. The fourth-order valence-electron chi connectivity index (χ4n) is 13.3. The van der Waals surface area contributed by atoms with Gasteiger partial charge in [0.05, 0.1) is 68.8 Å². The minimum atomic E-state index is -1.20. The van der Waals surface area contributed by atoms with E-state index in [0.29, 0.717) is 57.5 Å². The van der Waals surface area contributed by atoms with E-state index in [4.69, 9.17) is 33.2 Å². The number of alkyl carbamates (subject to hydrolysis) is 1. The normalized spacial score (nSPS) is 19.6. The van der Waals surface area contributed by atoms with Gasteiger partial charge in [-0.05, 0) is 146 Å². The van der Waals surface area contributed by atoms with Crippen molar-refractivity contribution in [2.24, 2.45) is 35.5 Å². The predicted molar refractivity (Wildman–Crippen MR) is 405 cm³/mol. The zero-order valence-electron chi connectivity index (χ0n) is 63.9. The number of hydrogen-bond donors (Lipinski definition) is 9. The van der Waals surface area contributed by atoms with Crippen molar-refractivity contribution in [1.82, 2.24) is 31.1 Å². The Hall–Kier alpha value is -11.1. The number of likely N-dealkylation sites (tertiary alicyclic amines) is 2. The monoisotopic (exact) mass is 1510 g/mol. The molecule has 109 heavy (non-hydrogen) atoms. The van der Waals surface area contributed by atoms with Crippen LogP contribution in [-0.2, 0) is 40.0 Å². The number of aromatic carboxylic acids is 1. The maximum Gasteiger partial charge on any atom is 0.410 e. The second-order valence-electron chi connectivity index (χ2n) is 30.8. The number of nitrogens with one attached hydrogen (secondary N) is 8. The Labute approximate surface area is 634 Å². The van der Waals surface area contributed by atoms with Crippen molar-refractivity contribution in [2.75, 3.05) is 74.9 Å². The van der Waals surface area contributed by atoms with Gasteiger partial charge in [-0.3, -0.25) is 33.6 Å². The number of carbonyl (C=O) groups is 11. The van der Waals surface area contributed by atoms with E-state index in [1.165, 1.54) is 84.7 Å². The maximum absolute atomic E-state index is 14.8. The molecule has 8 unspecified atom stereocenters. The Balaban J connectivity index is 0.877. The number of ether oxygens (including phenoxy) is 7. The molecule has 0 aromatic heterocycles. The Morgan fingerprint density at radius 3 is 1.18 bits per heavy atom. The molecule has 2 saturated heterocycles. The zero-order chi connectivity index (χ0) is 79.0. The van der Waals surface area contributed by atoms with Crippen LogP contribution in [0.1, 0.15) is 168 Å². The lowest BCUT2D eigenvalue weighted by Crippen LogP contribution is -2.45. The highest BCUT2D eigenvalue weighted by atomic mass is 16.6. The van der Waals surface area contributed by atoms with Crippen LogP contribution >= 0.6 is 0 Å². The molecule has 10 amide bonds. The first-order valence-corrected chi connectivity index (χ1v) is 36.9. The molecule has 2 aliphatic carbocycles. The third-order valence-electron chi connectivity index (χ3n) is 18.9. The lowest BCUT2D eigenvalue weighted by atomic mass is 10.0. The van der Waals surface area contributed by atoms with Crippen molar-refractivity contribution in [3.8, 4) is 23.0 Å². The molecule has 29 heteroatoms. The lowest BCUT2D eigenvalue weighted by Gasteiger charge is -2.24. The molecule has 4 fully saturated rings. The van der Waals surface area contributed by atoms with Crippen LogP contribution in [0.5, 0.6) is 23.0 Å². The van der Waals surface area contributed by atoms with Gasteiger partial charge in [0.15, 0.2) is 0 Å². The van der Waals surface area contributed by atoms with Gasteiger partial charge in [0.2, 0.25) is 23.6 Å². The van der Waals surface area contributed by atoms with Crippen molar-refractivity contribution >= 4 is 88.3 Å². The topological polar surface area (TPSA) is 375 Å². The molecule has 5 aromatic carbocycles. The van der Waals surface area contributed by atoms with Crippen LogP contribution in [0.15, 0.2) is 103 Å². The molecule has 4 aliphatic rings. The number of carbonyl (C=O) groups excluding carboxylic acids is 10. The third-order valence-corrected chi connectivity index (χ3v) is 18.9. The minimum Gasteiger partial charge on any atom is -0.497 e. The number of methoxy groups -OCH3 is 2. The predicted octanol–water partition coefficient (Wildman–Crippen LogP) is 11.0. The fraction of sp³-hybridized carbons (Fsp3) is 0.487. The summed E-state index contributed by atoms with van der Waals surface area (Å²) in [6.07, 6.45) is 2.00. The van der Waals surface area contributed by atoms with E-state index in [9.17, 15) is 57.8 Å². The zero-order valence-corrected chi connectivity index (χ0v) is 63.9. The van der Waals surface area contributed by atoms with Gasteiger partial charge in [-0.25, -0.2) is 19.2 Å². The number of anilines is 4.